The summed E-state index contributed by atoms with van der Waals surface area (Å²) in [5, 5.41) is 3.01. The van der Waals surface area contributed by atoms with E-state index in [1.807, 2.05) is 12.1 Å². The van der Waals surface area contributed by atoms with E-state index in [0.717, 1.165) is 22.4 Å². The van der Waals surface area contributed by atoms with Gasteiger partial charge >= 0.3 is 0 Å². The maximum atomic E-state index is 12.5. The summed E-state index contributed by atoms with van der Waals surface area (Å²) in [7, 11) is 0. The second kappa shape index (κ2) is 4.23. The molecular formula is C20H17ClO. The fourth-order valence-electron chi connectivity index (χ4n) is 5.07. The minimum Gasteiger partial charge on any atom is -0.294 e. The van der Waals surface area contributed by atoms with E-state index in [1.54, 1.807) is 0 Å². The Hall–Kier alpha value is -1.60. The van der Waals surface area contributed by atoms with Gasteiger partial charge in [-0.15, -0.1) is 0 Å². The highest BCUT2D eigenvalue weighted by molar-refractivity contribution is 6.31. The third-order valence-electron chi connectivity index (χ3n) is 6.08. The standard InChI is InChI=1S/C20H17ClO/c21-16-4-2-13-10-18-17(9-14(13)8-16)19(22)5-6-20(18)11-12-1-3-15(20)7-12/h1-4,8-10,12,15H,5-7,11H2. The molecule has 0 aromatic heterocycles. The van der Waals surface area contributed by atoms with E-state index >= 15 is 0 Å². The largest absolute Gasteiger partial charge is 0.294 e. The van der Waals surface area contributed by atoms with Gasteiger partial charge in [0, 0.05) is 22.4 Å². The number of ketones is 1. The van der Waals surface area contributed by atoms with Crippen molar-refractivity contribution < 1.29 is 4.79 Å². The Bertz CT molecular complexity index is 850. The molecule has 3 unspecified atom stereocenters. The van der Waals surface area contributed by atoms with Crippen molar-refractivity contribution in [2.45, 2.75) is 31.1 Å². The normalized spacial score (nSPS) is 32.1. The molecule has 2 heteroatoms. The molecule has 22 heavy (non-hydrogen) atoms. The summed E-state index contributed by atoms with van der Waals surface area (Å²) < 4.78 is 0. The fraction of sp³-hybridized carbons (Fsp3) is 0.350. The zero-order chi connectivity index (χ0) is 14.9. The highest BCUT2D eigenvalue weighted by Crippen LogP contribution is 2.58. The van der Waals surface area contributed by atoms with Crippen LogP contribution in [-0.4, -0.2) is 5.78 Å². The molecular weight excluding hydrogens is 292 g/mol. The Morgan fingerprint density at radius 1 is 1.09 bits per heavy atom. The van der Waals surface area contributed by atoms with Crippen LogP contribution in [0.4, 0.5) is 0 Å². The first-order chi connectivity index (χ1) is 10.7. The zero-order valence-electron chi connectivity index (χ0n) is 12.3. The average Bonchev–Trinajstić information content (AvgIpc) is 3.11. The second-order valence-electron chi connectivity index (χ2n) is 7.16. The van der Waals surface area contributed by atoms with E-state index in [-0.39, 0.29) is 5.41 Å². The Balaban J connectivity index is 1.79. The van der Waals surface area contributed by atoms with Gasteiger partial charge in [-0.1, -0.05) is 29.8 Å². The molecule has 2 aromatic rings. The predicted molar refractivity (Wildman–Crippen MR) is 89.6 cm³/mol. The van der Waals surface area contributed by atoms with Gasteiger partial charge in [-0.3, -0.25) is 4.79 Å². The smallest absolute Gasteiger partial charge is 0.163 e. The molecule has 3 aliphatic rings. The second-order valence-corrected chi connectivity index (χ2v) is 7.60. The van der Waals surface area contributed by atoms with Crippen molar-refractivity contribution in [1.29, 1.82) is 0 Å². The van der Waals surface area contributed by atoms with Crippen LogP contribution in [0.5, 0.6) is 0 Å². The average molecular weight is 309 g/mol. The third kappa shape index (κ3) is 1.58. The lowest BCUT2D eigenvalue weighted by Crippen LogP contribution is -2.36. The minimum absolute atomic E-state index is 0.205. The van der Waals surface area contributed by atoms with E-state index in [2.05, 4.69) is 30.4 Å². The third-order valence-corrected chi connectivity index (χ3v) is 6.32. The molecule has 3 atom stereocenters. The van der Waals surface area contributed by atoms with Crippen LogP contribution < -0.4 is 0 Å². The Morgan fingerprint density at radius 3 is 2.77 bits per heavy atom. The van der Waals surface area contributed by atoms with E-state index < -0.39 is 0 Å². The summed E-state index contributed by atoms with van der Waals surface area (Å²) in [5.41, 5.74) is 2.45. The quantitative estimate of drug-likeness (QED) is 0.603. The van der Waals surface area contributed by atoms with Gasteiger partial charge in [0.1, 0.15) is 0 Å². The summed E-state index contributed by atoms with van der Waals surface area (Å²) in [6.45, 7) is 0. The van der Waals surface area contributed by atoms with Gasteiger partial charge in [-0.05, 0) is 71.7 Å². The highest BCUT2D eigenvalue weighted by atomic mass is 35.5. The Kier molecular flexibility index (Phi) is 2.48. The van der Waals surface area contributed by atoms with Crippen molar-refractivity contribution in [2.24, 2.45) is 11.8 Å². The van der Waals surface area contributed by atoms with Crippen LogP contribution in [0.2, 0.25) is 5.02 Å². The molecule has 1 saturated carbocycles. The zero-order valence-corrected chi connectivity index (χ0v) is 13.1. The number of carbonyl (C=O) groups is 1. The van der Waals surface area contributed by atoms with Crippen LogP contribution in [0.15, 0.2) is 42.5 Å². The van der Waals surface area contributed by atoms with Crippen LogP contribution in [0.25, 0.3) is 10.8 Å². The monoisotopic (exact) mass is 308 g/mol. The van der Waals surface area contributed by atoms with Crippen LogP contribution in [0.1, 0.15) is 41.6 Å². The number of hydrogen-bond acceptors (Lipinski definition) is 1. The van der Waals surface area contributed by atoms with Crippen molar-refractivity contribution >= 4 is 28.2 Å². The summed E-state index contributed by atoms with van der Waals surface area (Å²) in [6.07, 6.45) is 8.98. The fourth-order valence-corrected chi connectivity index (χ4v) is 5.25. The first-order valence-corrected chi connectivity index (χ1v) is 8.49. The van der Waals surface area contributed by atoms with E-state index in [4.69, 9.17) is 11.6 Å². The maximum Gasteiger partial charge on any atom is 0.163 e. The van der Waals surface area contributed by atoms with Crippen molar-refractivity contribution in [2.75, 3.05) is 0 Å². The lowest BCUT2D eigenvalue weighted by Gasteiger charge is -2.40. The van der Waals surface area contributed by atoms with E-state index in [1.165, 1.54) is 23.8 Å². The van der Waals surface area contributed by atoms with Crippen molar-refractivity contribution in [1.82, 2.24) is 0 Å². The highest BCUT2D eigenvalue weighted by Gasteiger charge is 2.52. The molecule has 110 valence electrons. The molecule has 2 bridgehead atoms. The summed E-state index contributed by atoms with van der Waals surface area (Å²) in [6, 6.07) is 10.3. The van der Waals surface area contributed by atoms with Crippen molar-refractivity contribution in [3.8, 4) is 0 Å². The lowest BCUT2D eigenvalue weighted by molar-refractivity contribution is 0.0944. The number of benzene rings is 2. The maximum absolute atomic E-state index is 12.5. The molecule has 5 rings (SSSR count). The molecule has 0 saturated heterocycles. The SMILES string of the molecule is O=C1CCC2(CC3C=CC2C3)c2cc3ccc(Cl)cc3cc21. The van der Waals surface area contributed by atoms with E-state index in [9.17, 15) is 4.79 Å². The van der Waals surface area contributed by atoms with Gasteiger partial charge in [0.05, 0.1) is 0 Å². The molecule has 0 heterocycles. The van der Waals surface area contributed by atoms with Gasteiger partial charge in [-0.25, -0.2) is 0 Å². The van der Waals surface area contributed by atoms with Crippen molar-refractivity contribution in [3.05, 3.63) is 58.6 Å². The molecule has 3 aliphatic carbocycles. The van der Waals surface area contributed by atoms with Crippen molar-refractivity contribution in [3.63, 3.8) is 0 Å². The Morgan fingerprint density at radius 2 is 2.00 bits per heavy atom. The number of halogens is 1. The van der Waals surface area contributed by atoms with Gasteiger partial charge in [-0.2, -0.15) is 0 Å². The molecule has 2 aromatic carbocycles. The number of Topliss-reactive ketones (excluding diaryl/α,β-unsaturated/α-hetero) is 1. The summed E-state index contributed by atoms with van der Waals surface area (Å²) in [4.78, 5) is 12.5. The van der Waals surface area contributed by atoms with Crippen LogP contribution in [0.3, 0.4) is 0 Å². The van der Waals surface area contributed by atoms with Gasteiger partial charge in [0.25, 0.3) is 0 Å². The summed E-state index contributed by atoms with van der Waals surface area (Å²) in [5.74, 6) is 1.63. The molecule has 1 fully saturated rings. The van der Waals surface area contributed by atoms with Gasteiger partial charge in [0.15, 0.2) is 5.78 Å². The first kappa shape index (κ1) is 12.9. The molecule has 1 spiro atoms. The van der Waals surface area contributed by atoms with Crippen LogP contribution in [-0.2, 0) is 5.41 Å². The van der Waals surface area contributed by atoms with Crippen LogP contribution >= 0.6 is 11.6 Å². The number of carbonyl (C=O) groups excluding carboxylic acids is 1. The topological polar surface area (TPSA) is 17.1 Å². The molecule has 0 N–H and O–H groups in total. The molecule has 0 radical (unpaired) electrons. The van der Waals surface area contributed by atoms with Gasteiger partial charge in [0.2, 0.25) is 0 Å². The number of allylic oxidation sites excluding steroid dienone is 2. The van der Waals surface area contributed by atoms with Gasteiger partial charge < -0.3 is 0 Å². The number of fused-ring (bicyclic) bond motifs is 6. The van der Waals surface area contributed by atoms with E-state index in [0.29, 0.717) is 24.0 Å². The molecule has 0 aliphatic heterocycles. The number of hydrogen-bond donors (Lipinski definition) is 0. The first-order valence-electron chi connectivity index (χ1n) is 8.11. The molecule has 1 nitrogen and oxygen atoms in total. The Labute approximate surface area is 135 Å². The lowest BCUT2D eigenvalue weighted by atomic mass is 9.62. The summed E-state index contributed by atoms with van der Waals surface area (Å²) >= 11 is 6.12. The minimum atomic E-state index is 0.205. The molecule has 0 amide bonds. The van der Waals surface area contributed by atoms with Crippen LogP contribution in [0, 0.1) is 11.8 Å². The predicted octanol–water partition coefficient (Wildman–Crippen LogP) is 5.30. The number of rotatable bonds is 0.